The minimum Gasteiger partial charge on any atom is -0.455 e. The standard InChI is InChI=1S/C16H24O5/c1-4-12(17)21-16-9-13(18)6-14(19,10-16)8-15(7-13,11(16)3)20-5-2/h4,11,18-19H,1,5-10H2,2-3H3. The van der Waals surface area contributed by atoms with E-state index in [0.29, 0.717) is 38.7 Å². The van der Waals surface area contributed by atoms with Crippen LogP contribution >= 0.6 is 0 Å². The maximum atomic E-state index is 11.8. The summed E-state index contributed by atoms with van der Waals surface area (Å²) in [5, 5.41) is 21.7. The number of rotatable bonds is 4. The molecule has 5 nitrogen and oxygen atoms in total. The van der Waals surface area contributed by atoms with Crippen LogP contribution in [0.5, 0.6) is 0 Å². The number of esters is 1. The molecule has 0 radical (unpaired) electrons. The van der Waals surface area contributed by atoms with Gasteiger partial charge in [-0.1, -0.05) is 13.5 Å². The molecule has 0 aromatic heterocycles. The zero-order valence-corrected chi connectivity index (χ0v) is 12.7. The lowest BCUT2D eigenvalue weighted by molar-refractivity contribution is -0.334. The molecular formula is C16H24O5. The summed E-state index contributed by atoms with van der Waals surface area (Å²) in [7, 11) is 0. The molecule has 4 bridgehead atoms. The molecule has 3 atom stereocenters. The van der Waals surface area contributed by atoms with Crippen molar-refractivity contribution in [3.63, 3.8) is 0 Å². The summed E-state index contributed by atoms with van der Waals surface area (Å²) in [6.45, 7) is 7.84. The van der Waals surface area contributed by atoms with Crippen molar-refractivity contribution in [2.24, 2.45) is 5.92 Å². The molecule has 3 unspecified atom stereocenters. The first kappa shape index (κ1) is 15.0. The van der Waals surface area contributed by atoms with Gasteiger partial charge in [-0.05, 0) is 6.92 Å². The topological polar surface area (TPSA) is 76.0 Å². The fourth-order valence-electron chi connectivity index (χ4n) is 5.35. The Kier molecular flexibility index (Phi) is 3.08. The Morgan fingerprint density at radius 3 is 2.19 bits per heavy atom. The number of carbonyl (C=O) groups excluding carboxylic acids is 1. The maximum Gasteiger partial charge on any atom is 0.330 e. The molecule has 2 N–H and O–H groups in total. The first-order valence-corrected chi connectivity index (χ1v) is 7.65. The molecule has 0 aromatic rings. The Balaban J connectivity index is 2.05. The van der Waals surface area contributed by atoms with Gasteiger partial charge in [0.05, 0.1) is 16.8 Å². The third-order valence-corrected chi connectivity index (χ3v) is 5.65. The molecule has 0 aliphatic heterocycles. The van der Waals surface area contributed by atoms with Crippen LogP contribution in [0.2, 0.25) is 0 Å². The average molecular weight is 296 g/mol. The van der Waals surface area contributed by atoms with E-state index in [1.165, 1.54) is 0 Å². The number of hydrogen-bond donors (Lipinski definition) is 2. The van der Waals surface area contributed by atoms with Gasteiger partial charge in [-0.3, -0.25) is 0 Å². The number of carbonyl (C=O) groups is 1. The molecule has 118 valence electrons. The second-order valence-corrected chi connectivity index (χ2v) is 7.24. The minimum atomic E-state index is -1.03. The molecular weight excluding hydrogens is 272 g/mol. The van der Waals surface area contributed by atoms with Crippen molar-refractivity contribution in [3.8, 4) is 0 Å². The van der Waals surface area contributed by atoms with Gasteiger partial charge < -0.3 is 19.7 Å². The van der Waals surface area contributed by atoms with Gasteiger partial charge in [-0.25, -0.2) is 4.79 Å². The normalized spacial score (nSPS) is 51.0. The highest BCUT2D eigenvalue weighted by atomic mass is 16.6. The van der Waals surface area contributed by atoms with E-state index in [0.717, 1.165) is 6.08 Å². The summed E-state index contributed by atoms with van der Waals surface area (Å²) >= 11 is 0. The number of hydrogen-bond acceptors (Lipinski definition) is 5. The van der Waals surface area contributed by atoms with Crippen molar-refractivity contribution in [3.05, 3.63) is 12.7 Å². The van der Waals surface area contributed by atoms with Crippen LogP contribution in [0.25, 0.3) is 0 Å². The van der Waals surface area contributed by atoms with Crippen molar-refractivity contribution in [1.82, 2.24) is 0 Å². The summed E-state index contributed by atoms with van der Waals surface area (Å²) in [6.07, 6.45) is 3.16. The van der Waals surface area contributed by atoms with Crippen LogP contribution in [0, 0.1) is 5.92 Å². The summed E-state index contributed by atoms with van der Waals surface area (Å²) in [6, 6.07) is 0. The highest BCUT2D eigenvalue weighted by Gasteiger charge is 2.73. The average Bonchev–Trinajstić information content (AvgIpc) is 2.33. The monoisotopic (exact) mass is 296 g/mol. The molecule has 4 rings (SSSR count). The molecule has 0 heterocycles. The molecule has 4 saturated carbocycles. The summed E-state index contributed by atoms with van der Waals surface area (Å²) in [4.78, 5) is 11.8. The quantitative estimate of drug-likeness (QED) is 0.604. The minimum absolute atomic E-state index is 0.0744. The Bertz CT molecular complexity index is 467. The lowest BCUT2D eigenvalue weighted by Crippen LogP contribution is -2.77. The zero-order valence-electron chi connectivity index (χ0n) is 12.7. The van der Waals surface area contributed by atoms with E-state index in [4.69, 9.17) is 9.47 Å². The molecule has 4 aliphatic rings. The van der Waals surface area contributed by atoms with Gasteiger partial charge in [0.25, 0.3) is 0 Å². The van der Waals surface area contributed by atoms with Crippen molar-refractivity contribution in [1.29, 1.82) is 0 Å². The lowest BCUT2D eigenvalue weighted by atomic mass is 9.44. The SMILES string of the molecule is C=CC(=O)OC12CC3(O)CC(O)(CC(OCC)(C3)C1C)C2. The molecule has 0 spiro atoms. The number of aliphatic hydroxyl groups is 2. The van der Waals surface area contributed by atoms with Crippen LogP contribution in [0.15, 0.2) is 12.7 Å². The zero-order chi connectivity index (χ0) is 15.5. The number of ether oxygens (including phenoxy) is 2. The summed E-state index contributed by atoms with van der Waals surface area (Å²) in [5.41, 5.74) is -3.57. The largest absolute Gasteiger partial charge is 0.455 e. The van der Waals surface area contributed by atoms with Crippen molar-refractivity contribution < 1.29 is 24.5 Å². The van der Waals surface area contributed by atoms with Gasteiger partial charge in [0, 0.05) is 50.7 Å². The Labute approximate surface area is 124 Å². The fourth-order valence-corrected chi connectivity index (χ4v) is 5.35. The predicted octanol–water partition coefficient (Wildman–Crippen LogP) is 1.32. The van der Waals surface area contributed by atoms with Crippen LogP contribution in [0.4, 0.5) is 0 Å². The van der Waals surface area contributed by atoms with Gasteiger partial charge in [-0.15, -0.1) is 0 Å². The summed E-state index contributed by atoms with van der Waals surface area (Å²) in [5.74, 6) is -0.586. The van der Waals surface area contributed by atoms with Crippen molar-refractivity contribution >= 4 is 5.97 Å². The Hall–Kier alpha value is -0.910. The van der Waals surface area contributed by atoms with Gasteiger partial charge in [0.15, 0.2) is 0 Å². The summed E-state index contributed by atoms with van der Waals surface area (Å²) < 4.78 is 11.6. The van der Waals surface area contributed by atoms with Crippen LogP contribution < -0.4 is 0 Å². The van der Waals surface area contributed by atoms with Gasteiger partial charge >= 0.3 is 5.97 Å². The maximum absolute atomic E-state index is 11.8. The molecule has 0 aromatic carbocycles. The van der Waals surface area contributed by atoms with E-state index >= 15 is 0 Å². The van der Waals surface area contributed by atoms with E-state index in [2.05, 4.69) is 6.58 Å². The third-order valence-electron chi connectivity index (χ3n) is 5.65. The fraction of sp³-hybridized carbons (Fsp3) is 0.812. The van der Waals surface area contributed by atoms with Gasteiger partial charge in [-0.2, -0.15) is 0 Å². The van der Waals surface area contributed by atoms with Crippen molar-refractivity contribution in [2.75, 3.05) is 6.61 Å². The van der Waals surface area contributed by atoms with Crippen LogP contribution in [-0.2, 0) is 14.3 Å². The molecule has 0 saturated heterocycles. The van der Waals surface area contributed by atoms with Crippen LogP contribution in [0.1, 0.15) is 46.0 Å². The van der Waals surface area contributed by atoms with Gasteiger partial charge in [0.1, 0.15) is 5.60 Å². The van der Waals surface area contributed by atoms with Crippen LogP contribution in [-0.4, -0.2) is 45.2 Å². The van der Waals surface area contributed by atoms with E-state index in [9.17, 15) is 15.0 Å². The van der Waals surface area contributed by atoms with Crippen LogP contribution in [0.3, 0.4) is 0 Å². The van der Waals surface area contributed by atoms with Gasteiger partial charge in [0.2, 0.25) is 0 Å². The third kappa shape index (κ3) is 2.05. The predicted molar refractivity (Wildman–Crippen MR) is 75.5 cm³/mol. The molecule has 4 aliphatic carbocycles. The first-order chi connectivity index (χ1) is 9.71. The molecule has 21 heavy (non-hydrogen) atoms. The second-order valence-electron chi connectivity index (χ2n) is 7.24. The first-order valence-electron chi connectivity index (χ1n) is 7.65. The van der Waals surface area contributed by atoms with E-state index in [1.807, 2.05) is 13.8 Å². The Morgan fingerprint density at radius 2 is 1.71 bits per heavy atom. The smallest absolute Gasteiger partial charge is 0.330 e. The second kappa shape index (κ2) is 4.31. The molecule has 5 heteroatoms. The van der Waals surface area contributed by atoms with E-state index in [-0.39, 0.29) is 5.92 Å². The molecule has 4 fully saturated rings. The lowest BCUT2D eigenvalue weighted by Gasteiger charge is -2.69. The van der Waals surface area contributed by atoms with E-state index < -0.39 is 28.4 Å². The highest BCUT2D eigenvalue weighted by Crippen LogP contribution is 2.65. The Morgan fingerprint density at radius 1 is 1.19 bits per heavy atom. The van der Waals surface area contributed by atoms with Crippen molar-refractivity contribution in [2.45, 2.75) is 68.4 Å². The van der Waals surface area contributed by atoms with E-state index in [1.54, 1.807) is 0 Å². The highest BCUT2D eigenvalue weighted by molar-refractivity contribution is 5.81. The molecule has 0 amide bonds.